The van der Waals surface area contributed by atoms with Crippen LogP contribution in [0, 0.1) is 5.92 Å². The van der Waals surface area contributed by atoms with Crippen LogP contribution in [-0.4, -0.2) is 30.8 Å². The van der Waals surface area contributed by atoms with E-state index in [1.54, 1.807) is 0 Å². The molecule has 0 bridgehead atoms. The molecule has 1 fully saturated rings. The van der Waals surface area contributed by atoms with Gasteiger partial charge in [0, 0.05) is 13.1 Å². The monoisotopic (exact) mass is 214 g/mol. The van der Waals surface area contributed by atoms with Gasteiger partial charge in [0.15, 0.2) is 0 Å². The second kappa shape index (κ2) is 8.08. The van der Waals surface area contributed by atoms with Crippen LogP contribution in [0.4, 0.5) is 0 Å². The minimum Gasteiger partial charge on any atom is -0.393 e. The molecule has 1 rings (SSSR count). The number of aliphatic hydroxyl groups excluding tert-OH is 1. The minimum absolute atomic E-state index is 0.0648. The van der Waals surface area contributed by atoms with Gasteiger partial charge in [0.1, 0.15) is 0 Å². The van der Waals surface area contributed by atoms with Crippen molar-refractivity contribution in [2.75, 3.05) is 19.6 Å². The minimum atomic E-state index is -0.0648. The maximum atomic E-state index is 9.98. The predicted molar refractivity (Wildman–Crippen MR) is 63.7 cm³/mol. The van der Waals surface area contributed by atoms with Gasteiger partial charge in [-0.25, -0.2) is 0 Å². The summed E-state index contributed by atoms with van der Waals surface area (Å²) in [4.78, 5) is 0. The third-order valence-electron chi connectivity index (χ3n) is 3.37. The molecular formula is C12H26N2O. The zero-order valence-corrected chi connectivity index (χ0v) is 9.75. The summed E-state index contributed by atoms with van der Waals surface area (Å²) in [6.45, 7) is 2.58. The molecule has 15 heavy (non-hydrogen) atoms. The van der Waals surface area contributed by atoms with Crippen molar-refractivity contribution in [3.05, 3.63) is 0 Å². The van der Waals surface area contributed by atoms with Crippen molar-refractivity contribution in [3.63, 3.8) is 0 Å². The van der Waals surface area contributed by atoms with Gasteiger partial charge in [-0.1, -0.05) is 19.3 Å². The quantitative estimate of drug-likeness (QED) is 0.559. The SMILES string of the molecule is NCCNCCCC(O)C1CCCCC1. The smallest absolute Gasteiger partial charge is 0.0568 e. The lowest BCUT2D eigenvalue weighted by Crippen LogP contribution is -2.26. The summed E-state index contributed by atoms with van der Waals surface area (Å²) in [6.07, 6.45) is 8.40. The van der Waals surface area contributed by atoms with E-state index in [1.165, 1.54) is 32.1 Å². The van der Waals surface area contributed by atoms with Crippen molar-refractivity contribution >= 4 is 0 Å². The number of rotatable bonds is 7. The molecule has 1 aliphatic carbocycles. The van der Waals surface area contributed by atoms with Crippen LogP contribution in [0.1, 0.15) is 44.9 Å². The lowest BCUT2D eigenvalue weighted by molar-refractivity contribution is 0.0755. The zero-order valence-electron chi connectivity index (χ0n) is 9.75. The first-order valence-electron chi connectivity index (χ1n) is 6.43. The van der Waals surface area contributed by atoms with Crippen molar-refractivity contribution in [2.45, 2.75) is 51.0 Å². The molecule has 0 saturated heterocycles. The normalized spacial score (nSPS) is 20.4. The van der Waals surface area contributed by atoms with E-state index in [0.717, 1.165) is 25.9 Å². The molecule has 3 heteroatoms. The Hall–Kier alpha value is -0.120. The standard InChI is InChI=1S/C12H26N2O/c13-8-10-14-9-4-7-12(15)11-5-2-1-3-6-11/h11-12,14-15H,1-10,13H2. The van der Waals surface area contributed by atoms with Gasteiger partial charge in [0.2, 0.25) is 0 Å². The van der Waals surface area contributed by atoms with Crippen LogP contribution < -0.4 is 11.1 Å². The van der Waals surface area contributed by atoms with Gasteiger partial charge in [0.05, 0.1) is 6.10 Å². The van der Waals surface area contributed by atoms with Gasteiger partial charge >= 0.3 is 0 Å². The fourth-order valence-electron chi connectivity index (χ4n) is 2.42. The van der Waals surface area contributed by atoms with E-state index in [2.05, 4.69) is 5.32 Å². The zero-order chi connectivity index (χ0) is 10.9. The summed E-state index contributed by atoms with van der Waals surface area (Å²) < 4.78 is 0. The van der Waals surface area contributed by atoms with E-state index in [9.17, 15) is 5.11 Å². The van der Waals surface area contributed by atoms with E-state index >= 15 is 0 Å². The van der Waals surface area contributed by atoms with Gasteiger partial charge in [-0.05, 0) is 38.1 Å². The van der Waals surface area contributed by atoms with Crippen molar-refractivity contribution in [1.29, 1.82) is 0 Å². The third-order valence-corrected chi connectivity index (χ3v) is 3.37. The summed E-state index contributed by atoms with van der Waals surface area (Å²) in [5, 5.41) is 13.2. The summed E-state index contributed by atoms with van der Waals surface area (Å²) >= 11 is 0. The van der Waals surface area contributed by atoms with Crippen molar-refractivity contribution in [3.8, 4) is 0 Å². The first-order chi connectivity index (χ1) is 7.34. The molecule has 0 aromatic carbocycles. The Morgan fingerprint density at radius 1 is 1.20 bits per heavy atom. The molecule has 1 atom stereocenters. The molecule has 1 aliphatic rings. The Morgan fingerprint density at radius 3 is 2.60 bits per heavy atom. The second-order valence-corrected chi connectivity index (χ2v) is 4.65. The van der Waals surface area contributed by atoms with Crippen LogP contribution in [0.3, 0.4) is 0 Å². The topological polar surface area (TPSA) is 58.3 Å². The lowest BCUT2D eigenvalue weighted by atomic mass is 9.84. The first-order valence-corrected chi connectivity index (χ1v) is 6.43. The Balaban J connectivity index is 1.99. The van der Waals surface area contributed by atoms with E-state index in [4.69, 9.17) is 5.73 Å². The fraction of sp³-hybridized carbons (Fsp3) is 1.00. The van der Waals surface area contributed by atoms with Crippen molar-refractivity contribution < 1.29 is 5.11 Å². The van der Waals surface area contributed by atoms with Crippen LogP contribution in [0.15, 0.2) is 0 Å². The molecule has 0 aliphatic heterocycles. The first kappa shape index (κ1) is 12.9. The number of hydrogen-bond donors (Lipinski definition) is 3. The summed E-state index contributed by atoms with van der Waals surface area (Å²) in [5.41, 5.74) is 5.38. The summed E-state index contributed by atoms with van der Waals surface area (Å²) in [7, 11) is 0. The lowest BCUT2D eigenvalue weighted by Gasteiger charge is -2.26. The van der Waals surface area contributed by atoms with E-state index in [1.807, 2.05) is 0 Å². The molecule has 0 heterocycles. The number of nitrogens with two attached hydrogens (primary N) is 1. The highest BCUT2D eigenvalue weighted by molar-refractivity contribution is 4.73. The Morgan fingerprint density at radius 2 is 1.93 bits per heavy atom. The summed E-state index contributed by atoms with van der Waals surface area (Å²) in [6, 6.07) is 0. The Bertz CT molecular complexity index is 147. The largest absolute Gasteiger partial charge is 0.393 e. The number of aliphatic hydroxyl groups is 1. The average Bonchev–Trinajstić information content (AvgIpc) is 2.30. The van der Waals surface area contributed by atoms with Gasteiger partial charge in [-0.2, -0.15) is 0 Å². The molecule has 0 aromatic rings. The average molecular weight is 214 g/mol. The van der Waals surface area contributed by atoms with Crippen LogP contribution in [0.5, 0.6) is 0 Å². The van der Waals surface area contributed by atoms with Crippen molar-refractivity contribution in [2.24, 2.45) is 11.7 Å². The number of hydrogen-bond acceptors (Lipinski definition) is 3. The van der Waals surface area contributed by atoms with Gasteiger partial charge < -0.3 is 16.2 Å². The number of nitrogens with one attached hydrogen (secondary N) is 1. The van der Waals surface area contributed by atoms with Gasteiger partial charge in [-0.15, -0.1) is 0 Å². The molecule has 0 aromatic heterocycles. The fourth-order valence-corrected chi connectivity index (χ4v) is 2.42. The van der Waals surface area contributed by atoms with Crippen LogP contribution in [0.2, 0.25) is 0 Å². The third kappa shape index (κ3) is 5.50. The van der Waals surface area contributed by atoms with E-state index in [0.29, 0.717) is 12.5 Å². The molecule has 3 nitrogen and oxygen atoms in total. The van der Waals surface area contributed by atoms with Gasteiger partial charge in [-0.3, -0.25) is 0 Å². The highest BCUT2D eigenvalue weighted by atomic mass is 16.3. The Kier molecular flexibility index (Phi) is 6.98. The Labute approximate surface area is 93.4 Å². The van der Waals surface area contributed by atoms with E-state index in [-0.39, 0.29) is 6.10 Å². The highest BCUT2D eigenvalue weighted by Crippen LogP contribution is 2.27. The molecule has 4 N–H and O–H groups in total. The second-order valence-electron chi connectivity index (χ2n) is 4.65. The molecule has 0 spiro atoms. The maximum absolute atomic E-state index is 9.98. The molecule has 0 radical (unpaired) electrons. The highest BCUT2D eigenvalue weighted by Gasteiger charge is 2.20. The molecule has 1 unspecified atom stereocenters. The van der Waals surface area contributed by atoms with Crippen LogP contribution in [0.25, 0.3) is 0 Å². The molecule has 90 valence electrons. The van der Waals surface area contributed by atoms with Crippen molar-refractivity contribution in [1.82, 2.24) is 5.32 Å². The van der Waals surface area contributed by atoms with Crippen LogP contribution in [-0.2, 0) is 0 Å². The van der Waals surface area contributed by atoms with Gasteiger partial charge in [0.25, 0.3) is 0 Å². The molecular weight excluding hydrogens is 188 g/mol. The molecule has 0 amide bonds. The predicted octanol–water partition coefficient (Wildman–Crippen LogP) is 1.26. The maximum Gasteiger partial charge on any atom is 0.0568 e. The summed E-state index contributed by atoms with van der Waals surface area (Å²) in [5.74, 6) is 0.577. The van der Waals surface area contributed by atoms with Crippen LogP contribution >= 0.6 is 0 Å². The molecule has 1 saturated carbocycles. The van der Waals surface area contributed by atoms with E-state index < -0.39 is 0 Å².